The van der Waals surface area contributed by atoms with Crippen LogP contribution in [0.15, 0.2) is 0 Å². The Balaban J connectivity index is 0. The average molecular weight is 387 g/mol. The van der Waals surface area contributed by atoms with E-state index in [4.69, 9.17) is 0 Å². The van der Waals surface area contributed by atoms with Crippen LogP contribution in [-0.2, 0) is 0 Å². The highest BCUT2D eigenvalue weighted by Gasteiger charge is 2.18. The lowest BCUT2D eigenvalue weighted by Gasteiger charge is -2.32. The number of rotatable bonds is 12. The lowest BCUT2D eigenvalue weighted by Crippen LogP contribution is -3.00. The van der Waals surface area contributed by atoms with Crippen molar-refractivity contribution < 1.29 is 21.5 Å². The van der Waals surface area contributed by atoms with Gasteiger partial charge < -0.3 is 21.5 Å². The van der Waals surface area contributed by atoms with Gasteiger partial charge in [0.05, 0.1) is 20.1 Å². The van der Waals surface area contributed by atoms with Crippen molar-refractivity contribution in [3.63, 3.8) is 0 Å². The maximum Gasteiger partial charge on any atom is 0.134 e. The number of halogens is 2. The molecule has 0 fully saturated rings. The second-order valence-electron chi connectivity index (χ2n) is 5.66. The average Bonchev–Trinajstić information content (AvgIpc) is 2.34. The highest BCUT2D eigenvalue weighted by Crippen LogP contribution is 2.13. The molecule has 0 aromatic heterocycles. The van der Waals surface area contributed by atoms with Crippen LogP contribution >= 0.6 is 15.9 Å². The van der Waals surface area contributed by atoms with Crippen molar-refractivity contribution in [2.75, 3.05) is 25.6 Å². The molecule has 0 saturated carbocycles. The molecule has 0 N–H and O–H groups in total. The summed E-state index contributed by atoms with van der Waals surface area (Å²) in [5.74, 6) is 0. The van der Waals surface area contributed by atoms with E-state index in [1.54, 1.807) is 0 Å². The van der Waals surface area contributed by atoms with Crippen molar-refractivity contribution in [3.05, 3.63) is 0 Å². The first-order valence-electron chi connectivity index (χ1n) is 7.58. The predicted molar refractivity (Wildman–Crippen MR) is 82.6 cm³/mol. The summed E-state index contributed by atoms with van der Waals surface area (Å²) in [6.07, 6.45) is 12.6. The normalized spacial score (nSPS) is 14.0. The molecule has 0 rings (SSSR count). The van der Waals surface area contributed by atoms with Gasteiger partial charge in [-0.25, -0.2) is 0 Å². The molecule has 3 heteroatoms. The lowest BCUT2D eigenvalue weighted by molar-refractivity contribution is -0.896. The van der Waals surface area contributed by atoms with Crippen molar-refractivity contribution >= 4 is 15.9 Å². The molecule has 0 heterocycles. The van der Waals surface area contributed by atoms with Gasteiger partial charge in [0, 0.05) is 0 Å². The predicted octanol–water partition coefficient (Wildman–Crippen LogP) is 2.34. The molecule has 0 aromatic rings. The van der Waals surface area contributed by atoms with Gasteiger partial charge in [-0.3, -0.25) is 0 Å². The van der Waals surface area contributed by atoms with Gasteiger partial charge in [0.1, 0.15) is 5.45 Å². The fraction of sp³-hybridized carbons (Fsp3) is 1.00. The molecule has 112 valence electrons. The Morgan fingerprint density at radius 2 is 1.11 bits per heavy atom. The van der Waals surface area contributed by atoms with Crippen LogP contribution in [0, 0.1) is 0 Å². The first-order valence-corrected chi connectivity index (χ1v) is 8.70. The van der Waals surface area contributed by atoms with Crippen LogP contribution in [0.2, 0.25) is 0 Å². The number of alkyl halides is 1. The highest BCUT2D eigenvalue weighted by atomic mass is 79.9. The molecule has 0 spiro atoms. The van der Waals surface area contributed by atoms with Crippen LogP contribution in [0.4, 0.5) is 0 Å². The maximum atomic E-state index is 3.70. The molecule has 0 bridgehead atoms. The van der Waals surface area contributed by atoms with E-state index in [0.29, 0.717) is 0 Å². The van der Waals surface area contributed by atoms with Gasteiger partial charge in [-0.05, 0) is 41.6 Å². The fourth-order valence-electron chi connectivity index (χ4n) is 2.25. The standard InChI is InChI=1S/C15H33BrN.BrH/c1-4-6-8-10-12-14-17(3,15-16)13-11-9-7-5-2;/h4-15H2,1-3H3;1H/q+1;/p-1. The van der Waals surface area contributed by atoms with E-state index in [9.17, 15) is 0 Å². The van der Waals surface area contributed by atoms with Gasteiger partial charge in [-0.2, -0.15) is 0 Å². The molecule has 0 aliphatic carbocycles. The molecule has 18 heavy (non-hydrogen) atoms. The summed E-state index contributed by atoms with van der Waals surface area (Å²) in [5, 5.41) is 0. The van der Waals surface area contributed by atoms with E-state index in [2.05, 4.69) is 36.8 Å². The number of hydrogen-bond acceptors (Lipinski definition) is 0. The first kappa shape index (κ1) is 21.2. The molecule has 0 aliphatic heterocycles. The van der Waals surface area contributed by atoms with Gasteiger partial charge in [0.25, 0.3) is 0 Å². The van der Waals surface area contributed by atoms with E-state index in [0.717, 1.165) is 5.45 Å². The summed E-state index contributed by atoms with van der Waals surface area (Å²) < 4.78 is 1.22. The third-order valence-electron chi connectivity index (χ3n) is 3.64. The van der Waals surface area contributed by atoms with Crippen molar-refractivity contribution in [1.29, 1.82) is 0 Å². The van der Waals surface area contributed by atoms with Gasteiger partial charge >= 0.3 is 0 Å². The summed E-state index contributed by atoms with van der Waals surface area (Å²) in [7, 11) is 2.40. The Morgan fingerprint density at radius 1 is 0.722 bits per heavy atom. The molecule has 1 nitrogen and oxygen atoms in total. The zero-order valence-electron chi connectivity index (χ0n) is 12.7. The van der Waals surface area contributed by atoms with Gasteiger partial charge in [-0.1, -0.05) is 46.0 Å². The fourth-order valence-corrected chi connectivity index (χ4v) is 2.75. The number of unbranched alkanes of at least 4 members (excludes halogenated alkanes) is 7. The van der Waals surface area contributed by atoms with Crippen LogP contribution in [-0.4, -0.2) is 30.1 Å². The molecular formula is C15H33Br2N. The number of nitrogens with zero attached hydrogens (tertiary/aromatic N) is 1. The molecule has 0 aliphatic rings. The SMILES string of the molecule is CCCCCCC[N+](C)(CBr)CCCCCC.[Br-]. The maximum absolute atomic E-state index is 3.70. The highest BCUT2D eigenvalue weighted by molar-refractivity contribution is 9.09. The Bertz CT molecular complexity index is 165. The van der Waals surface area contributed by atoms with Gasteiger partial charge in [0.15, 0.2) is 0 Å². The summed E-state index contributed by atoms with van der Waals surface area (Å²) in [6.45, 7) is 7.26. The van der Waals surface area contributed by atoms with Crippen LogP contribution in [0.3, 0.4) is 0 Å². The molecule has 0 amide bonds. The third-order valence-corrected chi connectivity index (χ3v) is 4.85. The van der Waals surface area contributed by atoms with E-state index < -0.39 is 0 Å². The Kier molecular flexibility index (Phi) is 16.9. The summed E-state index contributed by atoms with van der Waals surface area (Å²) in [4.78, 5) is 0. The molecular weight excluding hydrogens is 354 g/mol. The lowest BCUT2D eigenvalue weighted by atomic mass is 10.1. The summed E-state index contributed by atoms with van der Waals surface area (Å²) >= 11 is 3.70. The third kappa shape index (κ3) is 12.0. The second-order valence-corrected chi connectivity index (χ2v) is 6.16. The quantitative estimate of drug-likeness (QED) is 0.209. The zero-order chi connectivity index (χ0) is 13.0. The summed E-state index contributed by atoms with van der Waals surface area (Å²) in [6, 6.07) is 0. The Hall–Kier alpha value is 0.920. The largest absolute Gasteiger partial charge is 1.00 e. The first-order chi connectivity index (χ1) is 8.18. The monoisotopic (exact) mass is 385 g/mol. The number of hydrogen-bond donors (Lipinski definition) is 0. The van der Waals surface area contributed by atoms with Crippen LogP contribution in [0.25, 0.3) is 0 Å². The smallest absolute Gasteiger partial charge is 0.134 e. The molecule has 0 radical (unpaired) electrons. The topological polar surface area (TPSA) is 0 Å². The molecule has 0 aromatic carbocycles. The minimum Gasteiger partial charge on any atom is -1.00 e. The van der Waals surface area contributed by atoms with Crippen molar-refractivity contribution in [2.45, 2.75) is 71.6 Å². The Labute approximate surface area is 134 Å². The van der Waals surface area contributed by atoms with Crippen molar-refractivity contribution in [2.24, 2.45) is 0 Å². The van der Waals surface area contributed by atoms with Crippen molar-refractivity contribution in [1.82, 2.24) is 0 Å². The number of quaternary nitrogens is 1. The zero-order valence-corrected chi connectivity index (χ0v) is 15.9. The van der Waals surface area contributed by atoms with Crippen LogP contribution < -0.4 is 17.0 Å². The minimum atomic E-state index is 0. The van der Waals surface area contributed by atoms with E-state index in [-0.39, 0.29) is 17.0 Å². The molecule has 1 unspecified atom stereocenters. The van der Waals surface area contributed by atoms with Gasteiger partial charge in [-0.15, -0.1) is 0 Å². The van der Waals surface area contributed by atoms with Gasteiger partial charge in [0.2, 0.25) is 0 Å². The van der Waals surface area contributed by atoms with E-state index in [1.807, 2.05) is 0 Å². The minimum absolute atomic E-state index is 0. The van der Waals surface area contributed by atoms with Crippen molar-refractivity contribution in [3.8, 4) is 0 Å². The summed E-state index contributed by atoms with van der Waals surface area (Å²) in [5.41, 5.74) is 1.12. The van der Waals surface area contributed by atoms with E-state index >= 15 is 0 Å². The Morgan fingerprint density at radius 3 is 1.50 bits per heavy atom. The molecule has 1 atom stereocenters. The second kappa shape index (κ2) is 14.3. The van der Waals surface area contributed by atoms with Crippen LogP contribution in [0.5, 0.6) is 0 Å². The van der Waals surface area contributed by atoms with E-state index in [1.165, 1.54) is 75.4 Å². The van der Waals surface area contributed by atoms with Crippen LogP contribution in [0.1, 0.15) is 71.6 Å². The molecule has 0 saturated heterocycles.